The van der Waals surface area contributed by atoms with Gasteiger partial charge in [-0.2, -0.15) is 0 Å². The summed E-state index contributed by atoms with van der Waals surface area (Å²) in [6, 6.07) is 14.2. The molecule has 0 bridgehead atoms. The fourth-order valence-corrected chi connectivity index (χ4v) is 5.64. The molecule has 6 rings (SSSR count). The number of methoxy groups -OCH3 is 1. The van der Waals surface area contributed by atoms with Crippen molar-refractivity contribution in [3.05, 3.63) is 70.5 Å². The van der Waals surface area contributed by atoms with E-state index in [1.807, 2.05) is 12.1 Å². The number of hydrogen-bond acceptors (Lipinski definition) is 4. The number of imidazole rings is 2. The van der Waals surface area contributed by atoms with E-state index in [1.165, 1.54) is 25.7 Å². The first kappa shape index (κ1) is 24.4. The van der Waals surface area contributed by atoms with E-state index >= 15 is 0 Å². The molecule has 1 aliphatic rings. The Morgan fingerprint density at radius 3 is 2.71 bits per heavy atom. The number of nitrogens with one attached hydrogen (secondary N) is 2. The molecule has 3 aromatic carbocycles. The van der Waals surface area contributed by atoms with Crippen molar-refractivity contribution in [2.45, 2.75) is 45.1 Å². The predicted octanol–water partition coefficient (Wildman–Crippen LogP) is 7.45. The lowest BCUT2D eigenvalue weighted by Gasteiger charge is -2.25. The number of carbonyl (C=O) groups excluding carboxylic acids is 1. The van der Waals surface area contributed by atoms with Crippen molar-refractivity contribution in [1.82, 2.24) is 19.5 Å². The fraction of sp³-hybridized carbons (Fsp3) is 0.276. The van der Waals surface area contributed by atoms with E-state index < -0.39 is 5.82 Å². The van der Waals surface area contributed by atoms with Gasteiger partial charge in [0.05, 0.1) is 34.2 Å². The van der Waals surface area contributed by atoms with E-state index in [4.69, 9.17) is 21.3 Å². The Morgan fingerprint density at radius 2 is 1.95 bits per heavy atom. The zero-order chi connectivity index (χ0) is 26.4. The minimum Gasteiger partial charge on any atom is -0.494 e. The molecule has 1 fully saturated rings. The molecular weight excluding hydrogens is 505 g/mol. The topological polar surface area (TPSA) is 84.8 Å². The Hall–Kier alpha value is -3.91. The Labute approximate surface area is 224 Å². The number of amides is 1. The van der Waals surface area contributed by atoms with E-state index in [0.717, 1.165) is 42.3 Å². The average Bonchev–Trinajstić information content (AvgIpc) is 3.49. The minimum absolute atomic E-state index is 0.162. The van der Waals surface area contributed by atoms with E-state index in [1.54, 1.807) is 18.2 Å². The number of H-pyrrole nitrogens is 1. The molecule has 2 heterocycles. The summed E-state index contributed by atoms with van der Waals surface area (Å²) < 4.78 is 22.3. The Balaban J connectivity index is 1.40. The molecule has 2 N–H and O–H groups in total. The van der Waals surface area contributed by atoms with Crippen LogP contribution in [-0.4, -0.2) is 32.5 Å². The predicted molar refractivity (Wildman–Crippen MR) is 148 cm³/mol. The van der Waals surface area contributed by atoms with Crippen molar-refractivity contribution in [2.24, 2.45) is 0 Å². The summed E-state index contributed by atoms with van der Waals surface area (Å²) in [6.45, 7) is 2.06. The third-order valence-corrected chi connectivity index (χ3v) is 7.56. The lowest BCUT2D eigenvalue weighted by Crippen LogP contribution is -2.20. The molecule has 9 heteroatoms. The normalized spacial score (nSPS) is 14.3. The van der Waals surface area contributed by atoms with Gasteiger partial charge in [-0.3, -0.25) is 10.1 Å². The second kappa shape index (κ2) is 9.76. The van der Waals surface area contributed by atoms with E-state index in [9.17, 15) is 9.18 Å². The standard InChI is InChI=1S/C29H27ClFN5O2/c1-16-11-12-21-23(13-16)36(18-7-4-3-5-8-18)29(33-21)35-28(37)17-14-22-26(24(15-17)38-2)34-27(32-22)25-19(30)9-6-10-20(25)31/h6,9-15,18H,3-5,7-8H2,1-2H3,(H,32,34)(H,33,35,37). The molecule has 0 unspecified atom stereocenters. The van der Waals surface area contributed by atoms with Crippen molar-refractivity contribution in [3.63, 3.8) is 0 Å². The lowest BCUT2D eigenvalue weighted by molar-refractivity contribution is 0.102. The molecule has 0 radical (unpaired) electrons. The van der Waals surface area contributed by atoms with Crippen LogP contribution in [0.25, 0.3) is 33.5 Å². The van der Waals surface area contributed by atoms with Gasteiger partial charge in [0, 0.05) is 11.6 Å². The van der Waals surface area contributed by atoms with Crippen LogP contribution >= 0.6 is 11.6 Å². The SMILES string of the molecule is COc1cc(C(=O)Nc2nc3ccc(C)cc3n2C2CCCCC2)cc2[nH]c(-c3c(F)cccc3Cl)nc12. The van der Waals surface area contributed by atoms with Crippen molar-refractivity contribution in [1.29, 1.82) is 0 Å². The molecule has 7 nitrogen and oxygen atoms in total. The summed E-state index contributed by atoms with van der Waals surface area (Å²) in [4.78, 5) is 26.0. The number of benzene rings is 3. The van der Waals surface area contributed by atoms with Crippen molar-refractivity contribution >= 4 is 45.5 Å². The Bertz CT molecular complexity index is 1670. The van der Waals surface area contributed by atoms with Crippen LogP contribution in [0.1, 0.15) is 54.1 Å². The first-order valence-electron chi connectivity index (χ1n) is 12.7. The molecule has 2 aromatic heterocycles. The van der Waals surface area contributed by atoms with E-state index in [2.05, 4.69) is 32.8 Å². The van der Waals surface area contributed by atoms with Crippen LogP contribution in [-0.2, 0) is 0 Å². The fourth-order valence-electron chi connectivity index (χ4n) is 5.39. The molecule has 1 amide bonds. The molecular formula is C29H27ClFN5O2. The number of halogens is 2. The van der Waals surface area contributed by atoms with Crippen LogP contribution in [0.15, 0.2) is 48.5 Å². The highest BCUT2D eigenvalue weighted by atomic mass is 35.5. The summed E-state index contributed by atoms with van der Waals surface area (Å²) in [5.41, 5.74) is 4.55. The molecule has 1 saturated carbocycles. The van der Waals surface area contributed by atoms with Crippen LogP contribution in [0, 0.1) is 12.7 Å². The number of aryl methyl sites for hydroxylation is 1. The number of aromatic amines is 1. The van der Waals surface area contributed by atoms with Crippen LogP contribution in [0.3, 0.4) is 0 Å². The maximum absolute atomic E-state index is 14.6. The van der Waals surface area contributed by atoms with Crippen LogP contribution < -0.4 is 10.1 Å². The molecule has 0 saturated heterocycles. The molecule has 38 heavy (non-hydrogen) atoms. The first-order valence-corrected chi connectivity index (χ1v) is 13.1. The van der Waals surface area contributed by atoms with Gasteiger partial charge in [0.2, 0.25) is 5.95 Å². The van der Waals surface area contributed by atoms with Crippen LogP contribution in [0.4, 0.5) is 10.3 Å². The third-order valence-electron chi connectivity index (χ3n) is 7.24. The number of rotatable bonds is 5. The van der Waals surface area contributed by atoms with Gasteiger partial charge in [-0.25, -0.2) is 14.4 Å². The number of anilines is 1. The maximum atomic E-state index is 14.6. The van der Waals surface area contributed by atoms with Gasteiger partial charge in [-0.15, -0.1) is 0 Å². The summed E-state index contributed by atoms with van der Waals surface area (Å²) in [5.74, 6) is 0.358. The van der Waals surface area contributed by atoms with Crippen molar-refractivity contribution < 1.29 is 13.9 Å². The molecule has 0 atom stereocenters. The highest BCUT2D eigenvalue weighted by molar-refractivity contribution is 6.33. The zero-order valence-corrected chi connectivity index (χ0v) is 21.9. The number of aromatic nitrogens is 4. The van der Waals surface area contributed by atoms with Crippen molar-refractivity contribution in [3.8, 4) is 17.1 Å². The minimum atomic E-state index is -0.495. The van der Waals surface area contributed by atoms with Gasteiger partial charge in [0.25, 0.3) is 5.91 Å². The van der Waals surface area contributed by atoms with Gasteiger partial charge in [0.1, 0.15) is 22.9 Å². The Kier molecular flexibility index (Phi) is 6.27. The summed E-state index contributed by atoms with van der Waals surface area (Å²) >= 11 is 6.25. The lowest BCUT2D eigenvalue weighted by atomic mass is 9.95. The van der Waals surface area contributed by atoms with Crippen LogP contribution in [0.2, 0.25) is 5.02 Å². The molecule has 0 spiro atoms. The second-order valence-electron chi connectivity index (χ2n) is 9.80. The summed E-state index contributed by atoms with van der Waals surface area (Å²) in [7, 11) is 1.51. The molecule has 1 aliphatic carbocycles. The Morgan fingerprint density at radius 1 is 1.13 bits per heavy atom. The number of carbonyl (C=O) groups is 1. The summed E-state index contributed by atoms with van der Waals surface area (Å²) in [5, 5.41) is 3.28. The summed E-state index contributed by atoms with van der Waals surface area (Å²) in [6.07, 6.45) is 5.65. The van der Waals surface area contributed by atoms with Gasteiger partial charge in [-0.05, 0) is 61.7 Å². The van der Waals surface area contributed by atoms with Crippen LogP contribution in [0.5, 0.6) is 5.75 Å². The quantitative estimate of drug-likeness (QED) is 0.247. The second-order valence-corrected chi connectivity index (χ2v) is 10.2. The van der Waals surface area contributed by atoms with Crippen molar-refractivity contribution in [2.75, 3.05) is 12.4 Å². The number of nitrogens with zero attached hydrogens (tertiary/aromatic N) is 3. The van der Waals surface area contributed by atoms with E-state index in [0.29, 0.717) is 28.3 Å². The highest BCUT2D eigenvalue weighted by Gasteiger charge is 2.24. The molecule has 5 aromatic rings. The monoisotopic (exact) mass is 531 g/mol. The van der Waals surface area contributed by atoms with Gasteiger partial charge in [0.15, 0.2) is 0 Å². The maximum Gasteiger partial charge on any atom is 0.258 e. The van der Waals surface area contributed by atoms with Gasteiger partial charge >= 0.3 is 0 Å². The highest BCUT2D eigenvalue weighted by Crippen LogP contribution is 2.36. The third kappa shape index (κ3) is 4.28. The first-order chi connectivity index (χ1) is 18.4. The largest absolute Gasteiger partial charge is 0.494 e. The average molecular weight is 532 g/mol. The van der Waals surface area contributed by atoms with Gasteiger partial charge < -0.3 is 14.3 Å². The number of ether oxygens (including phenoxy) is 1. The number of hydrogen-bond donors (Lipinski definition) is 2. The van der Waals surface area contributed by atoms with E-state index in [-0.39, 0.29) is 28.4 Å². The smallest absolute Gasteiger partial charge is 0.258 e. The number of fused-ring (bicyclic) bond motifs is 2. The molecule has 0 aliphatic heterocycles. The zero-order valence-electron chi connectivity index (χ0n) is 21.1. The molecule has 194 valence electrons. The van der Waals surface area contributed by atoms with Gasteiger partial charge in [-0.1, -0.05) is 43.0 Å².